The first-order valence-electron chi connectivity index (χ1n) is 7.59. The second-order valence-electron chi connectivity index (χ2n) is 5.35. The molecule has 1 amide bonds. The summed E-state index contributed by atoms with van der Waals surface area (Å²) in [5, 5.41) is 7.82. The molecule has 0 saturated heterocycles. The Balaban J connectivity index is 1.88. The highest BCUT2D eigenvalue weighted by atomic mass is 32.2. The summed E-state index contributed by atoms with van der Waals surface area (Å²) < 4.78 is 6.87. The van der Waals surface area contributed by atoms with E-state index >= 15 is 0 Å². The van der Waals surface area contributed by atoms with Gasteiger partial charge in [0.1, 0.15) is 0 Å². The van der Waals surface area contributed by atoms with Gasteiger partial charge in [0.05, 0.1) is 13.5 Å². The smallest absolute Gasteiger partial charge is 0.253 e. The summed E-state index contributed by atoms with van der Waals surface area (Å²) in [7, 11) is 1.53. The number of anilines is 1. The molecule has 0 aliphatic rings. The molecule has 0 unspecified atom stereocenters. The van der Waals surface area contributed by atoms with E-state index in [9.17, 15) is 4.79 Å². The van der Waals surface area contributed by atoms with Crippen molar-refractivity contribution in [2.24, 2.45) is 0 Å². The number of aryl methyl sites for hydroxylation is 2. The average molecular weight is 358 g/mol. The Labute approximate surface area is 149 Å². The van der Waals surface area contributed by atoms with Crippen molar-refractivity contribution in [2.45, 2.75) is 25.4 Å². The third-order valence-electron chi connectivity index (χ3n) is 3.80. The number of hydrogen-bond acceptors (Lipinski definition) is 7. The van der Waals surface area contributed by atoms with Gasteiger partial charge in [0.2, 0.25) is 11.1 Å². The monoisotopic (exact) mass is 358 g/mol. The molecule has 0 aliphatic carbocycles. The van der Waals surface area contributed by atoms with Crippen LogP contribution in [0.3, 0.4) is 0 Å². The number of methoxy groups -OCH3 is 1. The van der Waals surface area contributed by atoms with Crippen LogP contribution in [0.1, 0.15) is 17.0 Å². The van der Waals surface area contributed by atoms with Gasteiger partial charge in [-0.25, -0.2) is 14.5 Å². The molecule has 0 bridgehead atoms. The van der Waals surface area contributed by atoms with Gasteiger partial charge < -0.3 is 10.1 Å². The van der Waals surface area contributed by atoms with E-state index in [0.717, 1.165) is 17.0 Å². The zero-order valence-corrected chi connectivity index (χ0v) is 15.2. The van der Waals surface area contributed by atoms with E-state index in [0.29, 0.717) is 22.5 Å². The highest BCUT2D eigenvalue weighted by Crippen LogP contribution is 2.21. The Morgan fingerprint density at radius 2 is 2.16 bits per heavy atom. The molecule has 8 nitrogen and oxygen atoms in total. The number of ether oxygens (including phenoxy) is 1. The number of nitrogens with zero attached hydrogens (tertiary/aromatic N) is 5. The number of aromatic nitrogens is 5. The van der Waals surface area contributed by atoms with Crippen molar-refractivity contribution in [2.75, 3.05) is 18.7 Å². The molecule has 25 heavy (non-hydrogen) atoms. The molecule has 3 aromatic rings. The lowest BCUT2D eigenvalue weighted by Gasteiger charge is -2.11. The fourth-order valence-corrected chi connectivity index (χ4v) is 2.85. The molecule has 0 fully saturated rings. The molecular formula is C16H18N6O2S. The second-order valence-corrected chi connectivity index (χ2v) is 6.12. The maximum atomic E-state index is 12.5. The van der Waals surface area contributed by atoms with E-state index in [-0.39, 0.29) is 12.3 Å². The molecule has 3 rings (SSSR count). The molecular weight excluding hydrogens is 340 g/mol. The van der Waals surface area contributed by atoms with Crippen molar-refractivity contribution >= 4 is 29.3 Å². The molecule has 0 spiro atoms. The highest BCUT2D eigenvalue weighted by molar-refractivity contribution is 7.98. The number of carbonyl (C=O) groups is 1. The van der Waals surface area contributed by atoms with Gasteiger partial charge >= 0.3 is 0 Å². The number of fused-ring (bicyclic) bond motifs is 1. The van der Waals surface area contributed by atoms with Gasteiger partial charge in [-0.05, 0) is 32.2 Å². The predicted octanol–water partition coefficient (Wildman–Crippen LogP) is 2.05. The summed E-state index contributed by atoms with van der Waals surface area (Å²) in [6.45, 7) is 3.77. The number of nitrogens with one attached hydrogen (secondary N) is 1. The highest BCUT2D eigenvalue weighted by Gasteiger charge is 2.17. The molecule has 130 valence electrons. The summed E-state index contributed by atoms with van der Waals surface area (Å²) in [4.78, 5) is 25.4. The molecule has 3 aromatic heterocycles. The Bertz CT molecular complexity index is 940. The van der Waals surface area contributed by atoms with Crippen molar-refractivity contribution < 1.29 is 9.53 Å². The first-order chi connectivity index (χ1) is 12.0. The molecule has 1 N–H and O–H groups in total. The Morgan fingerprint density at radius 3 is 2.88 bits per heavy atom. The van der Waals surface area contributed by atoms with Crippen molar-refractivity contribution in [1.29, 1.82) is 0 Å². The number of rotatable bonds is 5. The van der Waals surface area contributed by atoms with Gasteiger partial charge in [-0.1, -0.05) is 11.8 Å². The summed E-state index contributed by atoms with van der Waals surface area (Å²) in [6.07, 6.45) is 3.67. The second kappa shape index (κ2) is 7.06. The molecule has 3 heterocycles. The van der Waals surface area contributed by atoms with E-state index in [2.05, 4.69) is 25.4 Å². The molecule has 0 saturated carbocycles. The van der Waals surface area contributed by atoms with Crippen LogP contribution in [-0.2, 0) is 11.2 Å². The third kappa shape index (κ3) is 3.41. The van der Waals surface area contributed by atoms with Crippen LogP contribution in [-0.4, -0.2) is 43.8 Å². The lowest BCUT2D eigenvalue weighted by Crippen LogP contribution is -2.18. The summed E-state index contributed by atoms with van der Waals surface area (Å²) in [5.41, 5.74) is 2.42. The third-order valence-corrected chi connectivity index (χ3v) is 4.34. The van der Waals surface area contributed by atoms with E-state index in [4.69, 9.17) is 4.74 Å². The van der Waals surface area contributed by atoms with E-state index in [1.165, 1.54) is 18.9 Å². The Hall–Kier alpha value is -2.68. The number of hydrogen-bond donors (Lipinski definition) is 1. The largest absolute Gasteiger partial charge is 0.493 e. The lowest BCUT2D eigenvalue weighted by molar-refractivity contribution is -0.115. The number of amides is 1. The van der Waals surface area contributed by atoms with Gasteiger partial charge in [-0.3, -0.25) is 4.79 Å². The van der Waals surface area contributed by atoms with Gasteiger partial charge in [0.25, 0.3) is 5.78 Å². The Morgan fingerprint density at radius 1 is 1.36 bits per heavy atom. The minimum absolute atomic E-state index is 0.162. The van der Waals surface area contributed by atoms with E-state index < -0.39 is 0 Å². The van der Waals surface area contributed by atoms with Crippen molar-refractivity contribution in [3.63, 3.8) is 0 Å². The van der Waals surface area contributed by atoms with Crippen LogP contribution in [0.4, 0.5) is 5.82 Å². The van der Waals surface area contributed by atoms with Crippen LogP contribution in [0.25, 0.3) is 5.78 Å². The van der Waals surface area contributed by atoms with Crippen molar-refractivity contribution in [1.82, 2.24) is 24.6 Å². The van der Waals surface area contributed by atoms with Crippen molar-refractivity contribution in [3.05, 3.63) is 35.3 Å². The van der Waals surface area contributed by atoms with Crippen LogP contribution in [0.2, 0.25) is 0 Å². The fourth-order valence-electron chi connectivity index (χ4n) is 2.52. The SMILES string of the molecule is COc1cccnc1NC(=O)Cc1c(C)nc2nc(SC)nn2c1C. The normalized spacial score (nSPS) is 10.9. The first kappa shape index (κ1) is 17.2. The maximum Gasteiger partial charge on any atom is 0.253 e. The van der Waals surface area contributed by atoms with Crippen LogP contribution < -0.4 is 10.1 Å². The minimum atomic E-state index is -0.199. The maximum absolute atomic E-state index is 12.5. The standard InChI is InChI=1S/C16H18N6O2S/c1-9-11(10(2)22-15(18-9)20-16(21-22)25-4)8-13(23)19-14-12(24-3)6-5-7-17-14/h5-7H,8H2,1-4H3,(H,17,19,23). The van der Waals surface area contributed by atoms with E-state index in [1.54, 1.807) is 22.8 Å². The molecule has 0 aromatic carbocycles. The summed E-state index contributed by atoms with van der Waals surface area (Å²) in [5.74, 6) is 1.24. The quantitative estimate of drug-likeness (QED) is 0.698. The molecule has 0 atom stereocenters. The minimum Gasteiger partial charge on any atom is -0.493 e. The van der Waals surface area contributed by atoms with Crippen LogP contribution >= 0.6 is 11.8 Å². The lowest BCUT2D eigenvalue weighted by atomic mass is 10.1. The average Bonchev–Trinajstić information content (AvgIpc) is 3.02. The fraction of sp³-hybridized carbons (Fsp3) is 0.312. The van der Waals surface area contributed by atoms with Crippen molar-refractivity contribution in [3.8, 4) is 5.75 Å². The zero-order valence-electron chi connectivity index (χ0n) is 14.4. The van der Waals surface area contributed by atoms with Crippen LogP contribution in [0.5, 0.6) is 5.75 Å². The predicted molar refractivity (Wildman–Crippen MR) is 95.2 cm³/mol. The van der Waals surface area contributed by atoms with E-state index in [1.807, 2.05) is 20.1 Å². The zero-order chi connectivity index (χ0) is 18.0. The van der Waals surface area contributed by atoms with Crippen LogP contribution in [0.15, 0.2) is 23.5 Å². The molecule has 9 heteroatoms. The number of carbonyl (C=O) groups excluding carboxylic acids is 1. The molecule has 0 radical (unpaired) electrons. The number of pyridine rings is 1. The van der Waals surface area contributed by atoms with Gasteiger partial charge in [-0.2, -0.15) is 4.98 Å². The number of thioether (sulfide) groups is 1. The van der Waals surface area contributed by atoms with Gasteiger partial charge in [0.15, 0.2) is 11.6 Å². The summed E-state index contributed by atoms with van der Waals surface area (Å²) in [6, 6.07) is 3.49. The molecule has 0 aliphatic heterocycles. The van der Waals surface area contributed by atoms with Crippen LogP contribution in [0, 0.1) is 13.8 Å². The topological polar surface area (TPSA) is 94.3 Å². The first-order valence-corrected chi connectivity index (χ1v) is 8.81. The summed E-state index contributed by atoms with van der Waals surface area (Å²) >= 11 is 1.45. The van der Waals surface area contributed by atoms with Gasteiger partial charge in [0, 0.05) is 23.1 Å². The Kier molecular flexibility index (Phi) is 4.84. The van der Waals surface area contributed by atoms with Gasteiger partial charge in [-0.15, -0.1) is 5.10 Å².